The van der Waals surface area contributed by atoms with Crippen molar-refractivity contribution >= 4 is 17.2 Å². The Morgan fingerprint density at radius 3 is 2.90 bits per heavy atom. The second-order valence-electron chi connectivity index (χ2n) is 6.09. The summed E-state index contributed by atoms with van der Waals surface area (Å²) in [5, 5.41) is 0. The number of hydrogen-bond acceptors (Lipinski definition) is 3. The molecular formula is C16H22FN3S. The molecule has 3 rings (SSSR count). The Morgan fingerprint density at radius 1 is 1.29 bits per heavy atom. The van der Waals surface area contributed by atoms with Gasteiger partial charge in [0.05, 0.1) is 0 Å². The van der Waals surface area contributed by atoms with Gasteiger partial charge in [0.1, 0.15) is 10.8 Å². The first-order chi connectivity index (χ1) is 10.1. The van der Waals surface area contributed by atoms with Gasteiger partial charge in [-0.15, -0.1) is 0 Å². The molecule has 0 aromatic heterocycles. The molecule has 2 saturated heterocycles. The summed E-state index contributed by atoms with van der Waals surface area (Å²) >= 11 is 4.99. The molecule has 2 fully saturated rings. The van der Waals surface area contributed by atoms with Crippen molar-refractivity contribution in [2.75, 3.05) is 26.2 Å². The first-order valence-corrected chi connectivity index (χ1v) is 8.09. The van der Waals surface area contributed by atoms with Gasteiger partial charge in [0.25, 0.3) is 0 Å². The first-order valence-electron chi connectivity index (χ1n) is 7.68. The lowest BCUT2D eigenvalue weighted by Gasteiger charge is -2.25. The molecule has 114 valence electrons. The number of hydrogen-bond donors (Lipinski definition) is 1. The molecule has 0 bridgehead atoms. The van der Waals surface area contributed by atoms with E-state index in [1.54, 1.807) is 12.1 Å². The summed E-state index contributed by atoms with van der Waals surface area (Å²) in [4.78, 5) is 5.29. The number of rotatable bonds is 3. The molecule has 0 radical (unpaired) electrons. The number of nitrogens with two attached hydrogens (primary N) is 1. The summed E-state index contributed by atoms with van der Waals surface area (Å²) in [5.74, 6) is -0.164. The van der Waals surface area contributed by atoms with E-state index < -0.39 is 0 Å². The van der Waals surface area contributed by atoms with E-state index >= 15 is 0 Å². The predicted octanol–water partition coefficient (Wildman–Crippen LogP) is 2.13. The van der Waals surface area contributed by atoms with E-state index in [2.05, 4.69) is 9.80 Å². The molecule has 2 N–H and O–H groups in total. The van der Waals surface area contributed by atoms with E-state index in [0.29, 0.717) is 23.1 Å². The Bertz CT molecular complexity index is 534. The third kappa shape index (κ3) is 3.42. The zero-order chi connectivity index (χ0) is 14.8. The van der Waals surface area contributed by atoms with Gasteiger partial charge in [-0.25, -0.2) is 4.39 Å². The van der Waals surface area contributed by atoms with Crippen LogP contribution < -0.4 is 5.73 Å². The van der Waals surface area contributed by atoms with E-state index in [-0.39, 0.29) is 5.82 Å². The molecule has 0 spiro atoms. The molecule has 0 amide bonds. The lowest BCUT2D eigenvalue weighted by molar-refractivity contribution is 0.214. The molecule has 5 heteroatoms. The molecule has 2 aliphatic rings. The minimum absolute atomic E-state index is 0.164. The fraction of sp³-hybridized carbons (Fsp3) is 0.562. The van der Waals surface area contributed by atoms with Crippen LogP contribution in [0.2, 0.25) is 0 Å². The maximum atomic E-state index is 14.0. The molecule has 1 aromatic carbocycles. The Labute approximate surface area is 130 Å². The largest absolute Gasteiger partial charge is 0.389 e. The monoisotopic (exact) mass is 307 g/mol. The minimum Gasteiger partial charge on any atom is -0.389 e. The zero-order valence-electron chi connectivity index (χ0n) is 12.2. The molecular weight excluding hydrogens is 285 g/mol. The van der Waals surface area contributed by atoms with Gasteiger partial charge in [0, 0.05) is 30.3 Å². The Balaban J connectivity index is 1.73. The fourth-order valence-corrected chi connectivity index (χ4v) is 3.64. The van der Waals surface area contributed by atoms with Crippen molar-refractivity contribution in [3.05, 3.63) is 35.1 Å². The van der Waals surface area contributed by atoms with Crippen molar-refractivity contribution in [1.29, 1.82) is 0 Å². The standard InChI is InChI=1S/C16H22FN3S/c17-15-5-4-12(16(18)21)9-13(15)10-19-6-2-8-20-7-1-3-14(20)11-19/h4-5,9,14H,1-3,6-8,10-11H2,(H2,18,21). The van der Waals surface area contributed by atoms with E-state index in [1.807, 2.05) is 0 Å². The van der Waals surface area contributed by atoms with Gasteiger partial charge < -0.3 is 5.73 Å². The molecule has 1 atom stereocenters. The average Bonchev–Trinajstić information content (AvgIpc) is 2.80. The van der Waals surface area contributed by atoms with Gasteiger partial charge >= 0.3 is 0 Å². The number of fused-ring (bicyclic) bond motifs is 1. The second kappa shape index (κ2) is 6.38. The Hall–Kier alpha value is -1.04. The van der Waals surface area contributed by atoms with Crippen LogP contribution in [0.5, 0.6) is 0 Å². The molecule has 1 unspecified atom stereocenters. The summed E-state index contributed by atoms with van der Waals surface area (Å²) in [7, 11) is 0. The van der Waals surface area contributed by atoms with Gasteiger partial charge in [-0.2, -0.15) is 0 Å². The van der Waals surface area contributed by atoms with Crippen LogP contribution in [0.1, 0.15) is 30.4 Å². The minimum atomic E-state index is -0.164. The van der Waals surface area contributed by atoms with Crippen LogP contribution in [0.3, 0.4) is 0 Å². The van der Waals surface area contributed by atoms with Crippen molar-refractivity contribution in [2.45, 2.75) is 31.8 Å². The van der Waals surface area contributed by atoms with Crippen LogP contribution in [-0.2, 0) is 6.54 Å². The molecule has 21 heavy (non-hydrogen) atoms. The van der Waals surface area contributed by atoms with Crippen LogP contribution in [0.4, 0.5) is 4.39 Å². The third-order valence-corrected chi connectivity index (χ3v) is 4.85. The highest BCUT2D eigenvalue weighted by Crippen LogP contribution is 2.23. The fourth-order valence-electron chi connectivity index (χ4n) is 3.52. The van der Waals surface area contributed by atoms with Crippen LogP contribution in [-0.4, -0.2) is 47.0 Å². The molecule has 3 nitrogen and oxygen atoms in total. The number of thiocarbonyl (C=S) groups is 1. The molecule has 2 aliphatic heterocycles. The average molecular weight is 307 g/mol. The smallest absolute Gasteiger partial charge is 0.127 e. The number of nitrogens with zero attached hydrogens (tertiary/aromatic N) is 2. The molecule has 0 aliphatic carbocycles. The van der Waals surface area contributed by atoms with Crippen LogP contribution >= 0.6 is 12.2 Å². The van der Waals surface area contributed by atoms with E-state index in [9.17, 15) is 4.39 Å². The maximum Gasteiger partial charge on any atom is 0.127 e. The van der Waals surface area contributed by atoms with E-state index in [0.717, 1.165) is 25.1 Å². The molecule has 0 saturated carbocycles. The topological polar surface area (TPSA) is 32.5 Å². The third-order valence-electron chi connectivity index (χ3n) is 4.61. The van der Waals surface area contributed by atoms with Gasteiger partial charge in [0.15, 0.2) is 0 Å². The van der Waals surface area contributed by atoms with Gasteiger partial charge in [-0.05, 0) is 57.1 Å². The summed E-state index contributed by atoms with van der Waals surface area (Å²) in [6, 6.07) is 5.58. The number of halogens is 1. The summed E-state index contributed by atoms with van der Waals surface area (Å²) in [5.41, 5.74) is 7.10. The SMILES string of the molecule is NC(=S)c1ccc(F)c(CN2CCCN3CCCC3C2)c1. The molecule has 1 aromatic rings. The zero-order valence-corrected chi connectivity index (χ0v) is 13.0. The van der Waals surface area contributed by atoms with Crippen molar-refractivity contribution in [3.8, 4) is 0 Å². The van der Waals surface area contributed by atoms with Crippen LogP contribution in [0.15, 0.2) is 18.2 Å². The summed E-state index contributed by atoms with van der Waals surface area (Å²) in [6.07, 6.45) is 3.73. The van der Waals surface area contributed by atoms with Crippen molar-refractivity contribution < 1.29 is 4.39 Å². The highest BCUT2D eigenvalue weighted by Gasteiger charge is 2.28. The summed E-state index contributed by atoms with van der Waals surface area (Å²) < 4.78 is 14.0. The van der Waals surface area contributed by atoms with Crippen molar-refractivity contribution in [2.24, 2.45) is 5.73 Å². The Morgan fingerprint density at radius 2 is 2.10 bits per heavy atom. The van der Waals surface area contributed by atoms with Crippen LogP contribution in [0.25, 0.3) is 0 Å². The van der Waals surface area contributed by atoms with E-state index in [1.165, 1.54) is 32.0 Å². The summed E-state index contributed by atoms with van der Waals surface area (Å²) in [6.45, 7) is 5.12. The maximum absolute atomic E-state index is 14.0. The predicted molar refractivity (Wildman–Crippen MR) is 86.8 cm³/mol. The van der Waals surface area contributed by atoms with Crippen LogP contribution in [0, 0.1) is 5.82 Å². The second-order valence-corrected chi connectivity index (χ2v) is 6.53. The quantitative estimate of drug-likeness (QED) is 0.867. The normalized spacial score (nSPS) is 23.8. The molecule has 2 heterocycles. The van der Waals surface area contributed by atoms with Crippen molar-refractivity contribution in [3.63, 3.8) is 0 Å². The van der Waals surface area contributed by atoms with Crippen molar-refractivity contribution in [1.82, 2.24) is 9.80 Å². The van der Waals surface area contributed by atoms with Gasteiger partial charge in [-0.1, -0.05) is 12.2 Å². The lowest BCUT2D eigenvalue weighted by Crippen LogP contribution is -2.36. The highest BCUT2D eigenvalue weighted by molar-refractivity contribution is 7.80. The van der Waals surface area contributed by atoms with E-state index in [4.69, 9.17) is 18.0 Å². The van der Waals surface area contributed by atoms with Gasteiger partial charge in [0.2, 0.25) is 0 Å². The number of benzene rings is 1. The van der Waals surface area contributed by atoms with Gasteiger partial charge in [-0.3, -0.25) is 9.80 Å². The lowest BCUT2D eigenvalue weighted by atomic mass is 10.1. The highest BCUT2D eigenvalue weighted by atomic mass is 32.1. The Kier molecular flexibility index (Phi) is 4.52. The first kappa shape index (κ1) is 14.9.